The number of pyridine rings is 1. The van der Waals surface area contributed by atoms with Crippen molar-refractivity contribution >= 4 is 29.2 Å². The van der Waals surface area contributed by atoms with E-state index < -0.39 is 5.97 Å². The molecule has 0 spiro atoms. The molecule has 0 saturated carbocycles. The zero-order valence-corrected chi connectivity index (χ0v) is 16.3. The Morgan fingerprint density at radius 1 is 1.07 bits per heavy atom. The minimum atomic E-state index is -0.622. The second-order valence-electron chi connectivity index (χ2n) is 5.78. The van der Waals surface area contributed by atoms with E-state index in [0.717, 1.165) is 11.4 Å². The van der Waals surface area contributed by atoms with Crippen molar-refractivity contribution < 1.29 is 14.3 Å². The number of nitrogens with zero attached hydrogens (tertiary/aromatic N) is 3. The Labute approximate surface area is 166 Å². The lowest BCUT2D eigenvalue weighted by Crippen LogP contribution is -2.15. The Kier molecular flexibility index (Phi) is 5.98. The second kappa shape index (κ2) is 8.41. The van der Waals surface area contributed by atoms with Crippen molar-refractivity contribution in [3.63, 3.8) is 0 Å². The Balaban J connectivity index is 1.63. The molecule has 0 atom stereocenters. The predicted octanol–water partition coefficient (Wildman–Crippen LogP) is 4.43. The molecule has 27 heavy (non-hydrogen) atoms. The van der Waals surface area contributed by atoms with E-state index in [0.29, 0.717) is 16.6 Å². The number of aromatic nitrogens is 3. The van der Waals surface area contributed by atoms with Gasteiger partial charge in [-0.1, -0.05) is 23.2 Å². The standard InChI is InChI=1S/C19H17Cl2N3O3/c1-12-11-13(2)24(23-12)17-8-7-16(21)18(22-17)19(25)27-10-9-26-15-5-3-14(20)4-6-15/h3-8,11H,9-10H2,1-2H3. The van der Waals surface area contributed by atoms with Crippen molar-refractivity contribution in [2.75, 3.05) is 13.2 Å². The largest absolute Gasteiger partial charge is 0.490 e. The SMILES string of the molecule is Cc1cc(C)n(-c2ccc(Cl)c(C(=O)OCCOc3ccc(Cl)cc3)n2)n1. The van der Waals surface area contributed by atoms with Gasteiger partial charge in [0.25, 0.3) is 0 Å². The van der Waals surface area contributed by atoms with Crippen LogP contribution in [0.3, 0.4) is 0 Å². The molecular formula is C19H17Cl2N3O3. The first-order valence-electron chi connectivity index (χ1n) is 8.20. The fraction of sp³-hybridized carbons (Fsp3) is 0.211. The predicted molar refractivity (Wildman–Crippen MR) is 103 cm³/mol. The topological polar surface area (TPSA) is 66.2 Å². The van der Waals surface area contributed by atoms with Gasteiger partial charge in [0.2, 0.25) is 0 Å². The highest BCUT2D eigenvalue weighted by Gasteiger charge is 2.16. The smallest absolute Gasteiger partial charge is 0.358 e. The average Bonchev–Trinajstić information content (AvgIpc) is 2.98. The van der Waals surface area contributed by atoms with E-state index >= 15 is 0 Å². The molecule has 0 fully saturated rings. The summed E-state index contributed by atoms with van der Waals surface area (Å²) in [4.78, 5) is 16.6. The van der Waals surface area contributed by atoms with Crippen LogP contribution in [0.1, 0.15) is 21.9 Å². The number of benzene rings is 1. The van der Waals surface area contributed by atoms with Crippen LogP contribution >= 0.6 is 23.2 Å². The van der Waals surface area contributed by atoms with Gasteiger partial charge in [-0.05, 0) is 56.3 Å². The molecule has 0 radical (unpaired) electrons. The molecule has 0 amide bonds. The van der Waals surface area contributed by atoms with E-state index in [9.17, 15) is 4.79 Å². The minimum Gasteiger partial charge on any atom is -0.490 e. The number of ether oxygens (including phenoxy) is 2. The summed E-state index contributed by atoms with van der Waals surface area (Å²) in [5.74, 6) is 0.510. The van der Waals surface area contributed by atoms with Crippen molar-refractivity contribution in [3.8, 4) is 11.6 Å². The van der Waals surface area contributed by atoms with E-state index in [1.54, 1.807) is 41.1 Å². The molecule has 0 unspecified atom stereocenters. The normalized spacial score (nSPS) is 10.7. The van der Waals surface area contributed by atoms with Gasteiger partial charge in [-0.3, -0.25) is 0 Å². The highest BCUT2D eigenvalue weighted by molar-refractivity contribution is 6.33. The quantitative estimate of drug-likeness (QED) is 0.448. The molecule has 0 saturated heterocycles. The number of rotatable bonds is 6. The third-order valence-electron chi connectivity index (χ3n) is 3.65. The first kappa shape index (κ1) is 19.2. The van der Waals surface area contributed by atoms with Crippen molar-refractivity contribution in [2.45, 2.75) is 13.8 Å². The van der Waals surface area contributed by atoms with E-state index in [4.69, 9.17) is 32.7 Å². The van der Waals surface area contributed by atoms with E-state index in [-0.39, 0.29) is 23.9 Å². The van der Waals surface area contributed by atoms with Crippen LogP contribution in [-0.2, 0) is 4.74 Å². The lowest BCUT2D eigenvalue weighted by molar-refractivity contribution is 0.0444. The molecule has 2 aromatic heterocycles. The van der Waals surface area contributed by atoms with Gasteiger partial charge < -0.3 is 9.47 Å². The fourth-order valence-electron chi connectivity index (χ4n) is 2.45. The molecule has 140 valence electrons. The highest BCUT2D eigenvalue weighted by Crippen LogP contribution is 2.19. The lowest BCUT2D eigenvalue weighted by Gasteiger charge is -2.09. The zero-order chi connectivity index (χ0) is 19.4. The van der Waals surface area contributed by atoms with E-state index in [1.165, 1.54) is 0 Å². The number of esters is 1. The van der Waals surface area contributed by atoms with Gasteiger partial charge in [-0.15, -0.1) is 0 Å². The highest BCUT2D eigenvalue weighted by atomic mass is 35.5. The van der Waals surface area contributed by atoms with Crippen LogP contribution in [0.4, 0.5) is 0 Å². The molecule has 0 aliphatic carbocycles. The molecule has 8 heteroatoms. The summed E-state index contributed by atoms with van der Waals surface area (Å²) >= 11 is 11.9. The first-order chi connectivity index (χ1) is 12.9. The minimum absolute atomic E-state index is 0.0354. The summed E-state index contributed by atoms with van der Waals surface area (Å²) in [6, 6.07) is 12.1. The van der Waals surface area contributed by atoms with Crippen LogP contribution < -0.4 is 4.74 Å². The van der Waals surface area contributed by atoms with Crippen LogP contribution in [0.5, 0.6) is 5.75 Å². The van der Waals surface area contributed by atoms with Gasteiger partial charge in [0.05, 0.1) is 10.7 Å². The van der Waals surface area contributed by atoms with Gasteiger partial charge >= 0.3 is 5.97 Å². The first-order valence-corrected chi connectivity index (χ1v) is 8.95. The van der Waals surface area contributed by atoms with Crippen LogP contribution in [-0.4, -0.2) is 33.9 Å². The Hall–Kier alpha value is -2.57. The molecule has 6 nitrogen and oxygen atoms in total. The Morgan fingerprint density at radius 2 is 1.81 bits per heavy atom. The summed E-state index contributed by atoms with van der Waals surface area (Å²) in [6.07, 6.45) is 0. The van der Waals surface area contributed by atoms with Crippen LogP contribution in [0, 0.1) is 13.8 Å². The zero-order valence-electron chi connectivity index (χ0n) is 14.8. The van der Waals surface area contributed by atoms with Crippen molar-refractivity contribution in [1.82, 2.24) is 14.8 Å². The number of carbonyl (C=O) groups excluding carboxylic acids is 1. The van der Waals surface area contributed by atoms with Gasteiger partial charge in [0, 0.05) is 10.7 Å². The Morgan fingerprint density at radius 3 is 2.48 bits per heavy atom. The molecule has 3 aromatic rings. The molecule has 0 bridgehead atoms. The lowest BCUT2D eigenvalue weighted by atomic mass is 10.3. The summed E-state index contributed by atoms with van der Waals surface area (Å²) in [6.45, 7) is 4.05. The third kappa shape index (κ3) is 4.78. The maximum Gasteiger partial charge on any atom is 0.358 e. The van der Waals surface area contributed by atoms with Crippen molar-refractivity contribution in [2.24, 2.45) is 0 Å². The van der Waals surface area contributed by atoms with Crippen LogP contribution in [0.2, 0.25) is 10.0 Å². The molecule has 1 aromatic carbocycles. The van der Waals surface area contributed by atoms with E-state index in [2.05, 4.69) is 10.1 Å². The molecule has 3 rings (SSSR count). The fourth-order valence-corrected chi connectivity index (χ4v) is 2.76. The van der Waals surface area contributed by atoms with Crippen LogP contribution in [0.15, 0.2) is 42.5 Å². The maximum atomic E-state index is 12.3. The molecule has 0 aliphatic heterocycles. The monoisotopic (exact) mass is 405 g/mol. The summed E-state index contributed by atoms with van der Waals surface area (Å²) < 4.78 is 12.3. The van der Waals surface area contributed by atoms with Gasteiger partial charge in [0.1, 0.15) is 19.0 Å². The van der Waals surface area contributed by atoms with Crippen LogP contribution in [0.25, 0.3) is 5.82 Å². The summed E-state index contributed by atoms with van der Waals surface area (Å²) in [7, 11) is 0. The van der Waals surface area contributed by atoms with Gasteiger partial charge in [-0.2, -0.15) is 5.10 Å². The van der Waals surface area contributed by atoms with E-state index in [1.807, 2.05) is 19.9 Å². The van der Waals surface area contributed by atoms with Crippen molar-refractivity contribution in [1.29, 1.82) is 0 Å². The second-order valence-corrected chi connectivity index (χ2v) is 6.62. The maximum absolute atomic E-state index is 12.3. The molecule has 0 N–H and O–H groups in total. The molecular weight excluding hydrogens is 389 g/mol. The Bertz CT molecular complexity index is 955. The summed E-state index contributed by atoms with van der Waals surface area (Å²) in [5.41, 5.74) is 1.79. The number of aryl methyl sites for hydroxylation is 2. The third-order valence-corrected chi connectivity index (χ3v) is 4.21. The molecule has 0 aliphatic rings. The number of hydrogen-bond acceptors (Lipinski definition) is 5. The molecule has 2 heterocycles. The van der Waals surface area contributed by atoms with Gasteiger partial charge in [0.15, 0.2) is 11.5 Å². The average molecular weight is 406 g/mol. The number of halogens is 2. The number of carbonyl (C=O) groups is 1. The van der Waals surface area contributed by atoms with Gasteiger partial charge in [-0.25, -0.2) is 14.5 Å². The number of hydrogen-bond donors (Lipinski definition) is 0. The van der Waals surface area contributed by atoms with Crippen molar-refractivity contribution in [3.05, 3.63) is 69.6 Å². The summed E-state index contributed by atoms with van der Waals surface area (Å²) in [5, 5.41) is 5.19.